The number of methoxy groups -OCH3 is 1. The molecule has 1 N–H and O–H groups in total. The number of amides is 1. The van der Waals surface area contributed by atoms with Crippen LogP contribution in [0.15, 0.2) is 48.5 Å². The standard InChI is InChI=1S/C29H32FN3O2/c1-5-22-16-29(13-14-33(22)3,20-9-8-10-21(30)15-20)18-32-28(34)26-24-12-7-6-11-23(24)19(2)25(17-31)27(26)35-4/h6-12,15,22H,5,13-14,16,18H2,1-4H3,(H,32,34)/t22-,29?/m1/s1. The summed E-state index contributed by atoms with van der Waals surface area (Å²) in [5, 5.41) is 14.6. The molecule has 0 spiro atoms. The maximum Gasteiger partial charge on any atom is 0.255 e. The van der Waals surface area contributed by atoms with Crippen molar-refractivity contribution in [3.8, 4) is 11.8 Å². The number of carbonyl (C=O) groups excluding carboxylic acids is 1. The van der Waals surface area contributed by atoms with E-state index in [0.717, 1.165) is 47.7 Å². The van der Waals surface area contributed by atoms with Crippen LogP contribution in [0, 0.1) is 24.1 Å². The second-order valence-corrected chi connectivity index (χ2v) is 9.54. The number of benzene rings is 3. The molecule has 0 radical (unpaired) electrons. The van der Waals surface area contributed by atoms with Gasteiger partial charge >= 0.3 is 0 Å². The SMILES string of the molecule is CC[C@@H]1CC(CNC(=O)c2c(OC)c(C#N)c(C)c3ccccc23)(c2cccc(F)c2)CCN1C. The van der Waals surface area contributed by atoms with Crippen LogP contribution >= 0.6 is 0 Å². The van der Waals surface area contributed by atoms with Crippen LogP contribution in [0.3, 0.4) is 0 Å². The van der Waals surface area contributed by atoms with Gasteiger partial charge in [-0.05, 0) is 73.8 Å². The van der Waals surface area contributed by atoms with Gasteiger partial charge in [0.2, 0.25) is 0 Å². The number of hydrogen-bond acceptors (Lipinski definition) is 4. The van der Waals surface area contributed by atoms with Crippen molar-refractivity contribution in [3.63, 3.8) is 0 Å². The van der Waals surface area contributed by atoms with E-state index in [4.69, 9.17) is 4.74 Å². The summed E-state index contributed by atoms with van der Waals surface area (Å²) in [6.07, 6.45) is 2.60. The lowest BCUT2D eigenvalue weighted by Crippen LogP contribution is -2.52. The fourth-order valence-corrected chi connectivity index (χ4v) is 5.56. The molecule has 1 unspecified atom stereocenters. The summed E-state index contributed by atoms with van der Waals surface area (Å²) in [6, 6.07) is 16.9. The summed E-state index contributed by atoms with van der Waals surface area (Å²) in [7, 11) is 3.60. The molecule has 1 aliphatic rings. The lowest BCUT2D eigenvalue weighted by molar-refractivity contribution is 0.0880. The molecule has 1 aliphatic heterocycles. The predicted octanol–water partition coefficient (Wildman–Crippen LogP) is 5.34. The number of nitrogens with zero attached hydrogens (tertiary/aromatic N) is 2. The van der Waals surface area contributed by atoms with Gasteiger partial charge in [0, 0.05) is 18.0 Å². The van der Waals surface area contributed by atoms with Gasteiger partial charge in [0.05, 0.1) is 18.2 Å². The Morgan fingerprint density at radius 2 is 2.00 bits per heavy atom. The predicted molar refractivity (Wildman–Crippen MR) is 136 cm³/mol. The van der Waals surface area contributed by atoms with Gasteiger partial charge in [-0.15, -0.1) is 0 Å². The average molecular weight is 474 g/mol. The Morgan fingerprint density at radius 3 is 2.66 bits per heavy atom. The maximum absolute atomic E-state index is 14.3. The topological polar surface area (TPSA) is 65.4 Å². The number of nitriles is 1. The minimum atomic E-state index is -0.392. The zero-order valence-electron chi connectivity index (χ0n) is 20.8. The van der Waals surface area contributed by atoms with Crippen molar-refractivity contribution < 1.29 is 13.9 Å². The molecule has 0 bridgehead atoms. The molecule has 4 rings (SSSR count). The van der Waals surface area contributed by atoms with Gasteiger partial charge in [0.25, 0.3) is 5.91 Å². The van der Waals surface area contributed by atoms with E-state index < -0.39 is 5.41 Å². The van der Waals surface area contributed by atoms with E-state index in [1.54, 1.807) is 12.1 Å². The highest BCUT2D eigenvalue weighted by molar-refractivity contribution is 6.11. The van der Waals surface area contributed by atoms with Crippen LogP contribution in [-0.2, 0) is 5.41 Å². The van der Waals surface area contributed by atoms with Crippen LogP contribution < -0.4 is 10.1 Å². The molecule has 1 heterocycles. The highest BCUT2D eigenvalue weighted by atomic mass is 19.1. The molecular weight excluding hydrogens is 441 g/mol. The van der Waals surface area contributed by atoms with Crippen molar-refractivity contribution in [2.75, 3.05) is 27.2 Å². The van der Waals surface area contributed by atoms with Gasteiger partial charge < -0.3 is 15.0 Å². The van der Waals surface area contributed by atoms with Gasteiger partial charge in [-0.25, -0.2) is 4.39 Å². The monoisotopic (exact) mass is 473 g/mol. The number of nitrogens with one attached hydrogen (secondary N) is 1. The Hall–Kier alpha value is -3.43. The molecular formula is C29H32FN3O2. The van der Waals surface area contributed by atoms with Crippen LogP contribution in [0.2, 0.25) is 0 Å². The fourth-order valence-electron chi connectivity index (χ4n) is 5.56. The third-order valence-electron chi connectivity index (χ3n) is 7.66. The Labute approximate surface area is 206 Å². The van der Waals surface area contributed by atoms with Crippen LogP contribution in [0.4, 0.5) is 4.39 Å². The number of carbonyl (C=O) groups is 1. The van der Waals surface area contributed by atoms with Gasteiger partial charge in [-0.3, -0.25) is 4.79 Å². The van der Waals surface area contributed by atoms with E-state index in [2.05, 4.69) is 30.3 Å². The molecule has 6 heteroatoms. The van der Waals surface area contributed by atoms with Gasteiger partial charge in [-0.2, -0.15) is 5.26 Å². The lowest BCUT2D eigenvalue weighted by atomic mass is 9.69. The third kappa shape index (κ3) is 4.49. The van der Waals surface area contributed by atoms with Crippen LogP contribution in [-0.4, -0.2) is 44.1 Å². The van der Waals surface area contributed by atoms with E-state index >= 15 is 0 Å². The maximum atomic E-state index is 14.3. The number of likely N-dealkylation sites (tertiary alicyclic amines) is 1. The number of halogens is 1. The first-order valence-electron chi connectivity index (χ1n) is 12.1. The summed E-state index contributed by atoms with van der Waals surface area (Å²) >= 11 is 0. The van der Waals surface area contributed by atoms with Gasteiger partial charge in [0.15, 0.2) is 0 Å². The third-order valence-corrected chi connectivity index (χ3v) is 7.66. The minimum absolute atomic E-state index is 0.273. The molecule has 1 saturated heterocycles. The van der Waals surface area contributed by atoms with Crippen molar-refractivity contribution in [1.29, 1.82) is 5.26 Å². The molecule has 5 nitrogen and oxygen atoms in total. The highest BCUT2D eigenvalue weighted by Crippen LogP contribution is 2.40. The second-order valence-electron chi connectivity index (χ2n) is 9.54. The Balaban J connectivity index is 1.75. The molecule has 0 saturated carbocycles. The van der Waals surface area contributed by atoms with E-state index in [0.29, 0.717) is 23.7 Å². The minimum Gasteiger partial charge on any atom is -0.494 e. The Morgan fingerprint density at radius 1 is 1.26 bits per heavy atom. The summed E-state index contributed by atoms with van der Waals surface area (Å²) in [5.74, 6) is -0.279. The smallest absolute Gasteiger partial charge is 0.255 e. The molecule has 3 aromatic rings. The summed E-state index contributed by atoms with van der Waals surface area (Å²) in [4.78, 5) is 16.1. The molecule has 35 heavy (non-hydrogen) atoms. The van der Waals surface area contributed by atoms with Crippen LogP contribution in [0.25, 0.3) is 10.8 Å². The molecule has 0 aromatic heterocycles. The second kappa shape index (κ2) is 10.1. The van der Waals surface area contributed by atoms with E-state index in [1.165, 1.54) is 13.2 Å². The molecule has 2 atom stereocenters. The first-order valence-corrected chi connectivity index (χ1v) is 12.1. The molecule has 1 amide bonds. The zero-order valence-corrected chi connectivity index (χ0v) is 20.8. The fraction of sp³-hybridized carbons (Fsp3) is 0.379. The highest BCUT2D eigenvalue weighted by Gasteiger charge is 2.40. The number of fused-ring (bicyclic) bond motifs is 1. The lowest BCUT2D eigenvalue weighted by Gasteiger charge is -2.46. The number of piperidine rings is 1. The first-order chi connectivity index (χ1) is 16.8. The molecule has 182 valence electrons. The Bertz CT molecular complexity index is 1300. The van der Waals surface area contributed by atoms with Crippen molar-refractivity contribution in [3.05, 3.63) is 76.6 Å². The molecule has 0 aliphatic carbocycles. The Kier molecular flexibility index (Phi) is 7.09. The van der Waals surface area contributed by atoms with Crippen molar-refractivity contribution >= 4 is 16.7 Å². The van der Waals surface area contributed by atoms with Crippen LogP contribution in [0.5, 0.6) is 5.75 Å². The zero-order chi connectivity index (χ0) is 25.2. The average Bonchev–Trinajstić information content (AvgIpc) is 2.88. The van der Waals surface area contributed by atoms with Crippen molar-refractivity contribution in [2.24, 2.45) is 0 Å². The van der Waals surface area contributed by atoms with Gasteiger partial charge in [0.1, 0.15) is 17.6 Å². The molecule has 3 aromatic carbocycles. The summed E-state index contributed by atoms with van der Waals surface area (Å²) in [5.41, 5.74) is 2.02. The quantitative estimate of drug-likeness (QED) is 0.525. The van der Waals surface area contributed by atoms with Crippen molar-refractivity contribution in [2.45, 2.75) is 44.6 Å². The normalized spacial score (nSPS) is 20.4. The van der Waals surface area contributed by atoms with E-state index in [9.17, 15) is 14.4 Å². The molecule has 1 fully saturated rings. The van der Waals surface area contributed by atoms with Crippen LogP contribution in [0.1, 0.15) is 53.2 Å². The summed E-state index contributed by atoms with van der Waals surface area (Å²) in [6.45, 7) is 5.26. The number of rotatable bonds is 6. The van der Waals surface area contributed by atoms with E-state index in [-0.39, 0.29) is 17.5 Å². The van der Waals surface area contributed by atoms with Crippen molar-refractivity contribution in [1.82, 2.24) is 10.2 Å². The van der Waals surface area contributed by atoms with E-state index in [1.807, 2.05) is 37.3 Å². The number of ether oxygens (including phenoxy) is 1. The summed E-state index contributed by atoms with van der Waals surface area (Å²) < 4.78 is 19.9. The number of hydrogen-bond donors (Lipinski definition) is 1. The first kappa shape index (κ1) is 24.7. The van der Waals surface area contributed by atoms with Gasteiger partial charge in [-0.1, -0.05) is 43.3 Å². The largest absolute Gasteiger partial charge is 0.494 e. The number of aryl methyl sites for hydroxylation is 1.